The molecule has 162 valence electrons. The molecule has 32 heavy (non-hydrogen) atoms. The van der Waals surface area contributed by atoms with E-state index in [9.17, 15) is 0 Å². The van der Waals surface area contributed by atoms with Crippen molar-refractivity contribution >= 4 is 44.5 Å². The summed E-state index contributed by atoms with van der Waals surface area (Å²) in [5.41, 5.74) is 6.15. The van der Waals surface area contributed by atoms with Gasteiger partial charge in [0.05, 0.1) is 24.3 Å². The summed E-state index contributed by atoms with van der Waals surface area (Å²) >= 11 is 9.53. The highest BCUT2D eigenvalue weighted by atomic mass is 79.9. The largest absolute Gasteiger partial charge is 0.493 e. The lowest BCUT2D eigenvalue weighted by Gasteiger charge is -2.14. The molecule has 4 aromatic carbocycles. The average molecular weight is 510 g/mol. The summed E-state index contributed by atoms with van der Waals surface area (Å²) in [6.45, 7) is 1.05. The molecule has 4 aromatic rings. The normalized spacial score (nSPS) is 11.1. The van der Waals surface area contributed by atoms with Gasteiger partial charge in [0.25, 0.3) is 0 Å². The van der Waals surface area contributed by atoms with Crippen LogP contribution in [0.15, 0.2) is 88.4 Å². The van der Waals surface area contributed by atoms with Crippen LogP contribution in [0.3, 0.4) is 0 Å². The first-order valence-corrected chi connectivity index (χ1v) is 11.3. The first-order valence-electron chi connectivity index (χ1n) is 10.1. The van der Waals surface area contributed by atoms with Crippen molar-refractivity contribution in [3.63, 3.8) is 0 Å². The maximum Gasteiger partial charge on any atom is 0.175 e. The molecule has 6 heteroatoms. The Kier molecular flexibility index (Phi) is 7.30. The molecule has 0 saturated heterocycles. The van der Waals surface area contributed by atoms with Gasteiger partial charge in [-0.05, 0) is 67.7 Å². The number of nitrogens with zero attached hydrogens (tertiary/aromatic N) is 1. The average Bonchev–Trinajstić information content (AvgIpc) is 2.82. The third-order valence-corrected chi connectivity index (χ3v) is 5.85. The highest BCUT2D eigenvalue weighted by molar-refractivity contribution is 9.10. The van der Waals surface area contributed by atoms with E-state index in [-0.39, 0.29) is 0 Å². The molecule has 0 aliphatic heterocycles. The molecule has 4 rings (SSSR count). The standard InChI is InChI=1S/C26H22BrClN2O2/c1-31-25-14-19(16-30-29-15-18-9-11-22(28)12-10-18)13-24(27)26(25)32-17-21-7-4-6-20-5-2-3-8-23(20)21/h2-14,16,29H,15,17H2,1H3/b30-16-. The number of ether oxygens (including phenoxy) is 2. The SMILES string of the molecule is COc1cc(/C=N\NCc2ccc(Cl)cc2)cc(Br)c1OCc1cccc2ccccc12. The van der Waals surface area contributed by atoms with Crippen LogP contribution in [0.1, 0.15) is 16.7 Å². The van der Waals surface area contributed by atoms with Crippen LogP contribution in [-0.2, 0) is 13.2 Å². The van der Waals surface area contributed by atoms with E-state index in [0.29, 0.717) is 24.7 Å². The monoisotopic (exact) mass is 508 g/mol. The van der Waals surface area contributed by atoms with Crippen LogP contribution in [0, 0.1) is 0 Å². The van der Waals surface area contributed by atoms with E-state index in [1.807, 2.05) is 54.6 Å². The van der Waals surface area contributed by atoms with Gasteiger partial charge in [-0.2, -0.15) is 5.10 Å². The van der Waals surface area contributed by atoms with Crippen LogP contribution in [0.2, 0.25) is 5.02 Å². The fraction of sp³-hybridized carbons (Fsp3) is 0.115. The highest BCUT2D eigenvalue weighted by Crippen LogP contribution is 2.37. The van der Waals surface area contributed by atoms with E-state index in [4.69, 9.17) is 21.1 Å². The molecule has 4 nitrogen and oxygen atoms in total. The number of halogens is 2. The summed E-state index contributed by atoms with van der Waals surface area (Å²) in [6.07, 6.45) is 1.75. The minimum absolute atomic E-state index is 0.437. The van der Waals surface area contributed by atoms with Crippen molar-refractivity contribution in [1.29, 1.82) is 0 Å². The molecule has 0 amide bonds. The molecule has 0 unspecified atom stereocenters. The number of hydrogen-bond donors (Lipinski definition) is 1. The second-order valence-corrected chi connectivity index (χ2v) is 8.47. The molecule has 0 atom stereocenters. The summed E-state index contributed by atoms with van der Waals surface area (Å²) in [5.74, 6) is 1.30. The summed E-state index contributed by atoms with van der Waals surface area (Å²) in [6, 6.07) is 26.0. The van der Waals surface area contributed by atoms with Gasteiger partial charge in [0.2, 0.25) is 0 Å². The Hall–Kier alpha value is -3.02. The van der Waals surface area contributed by atoms with E-state index < -0.39 is 0 Å². The molecule has 0 spiro atoms. The van der Waals surface area contributed by atoms with Gasteiger partial charge in [-0.15, -0.1) is 0 Å². The molecule has 0 radical (unpaired) electrons. The topological polar surface area (TPSA) is 42.8 Å². The Bertz CT molecular complexity index is 1240. The number of hydrazone groups is 1. The van der Waals surface area contributed by atoms with E-state index in [2.05, 4.69) is 50.7 Å². The number of rotatable bonds is 8. The van der Waals surface area contributed by atoms with E-state index in [0.717, 1.165) is 26.2 Å². The Labute approximate surface area is 201 Å². The van der Waals surface area contributed by atoms with Crippen LogP contribution in [0.25, 0.3) is 10.8 Å². The molecule has 0 heterocycles. The van der Waals surface area contributed by atoms with Gasteiger partial charge in [-0.1, -0.05) is 66.2 Å². The van der Waals surface area contributed by atoms with Crippen LogP contribution in [0.4, 0.5) is 0 Å². The number of fused-ring (bicyclic) bond motifs is 1. The van der Waals surface area contributed by atoms with Gasteiger partial charge in [0.15, 0.2) is 11.5 Å². The van der Waals surface area contributed by atoms with Crippen molar-refractivity contribution in [3.05, 3.63) is 105 Å². The zero-order valence-electron chi connectivity index (χ0n) is 17.5. The van der Waals surface area contributed by atoms with E-state index in [1.165, 1.54) is 10.8 Å². The van der Waals surface area contributed by atoms with Crippen molar-refractivity contribution < 1.29 is 9.47 Å². The molecule has 1 N–H and O–H groups in total. The minimum Gasteiger partial charge on any atom is -0.493 e. The van der Waals surface area contributed by atoms with Crippen LogP contribution >= 0.6 is 27.5 Å². The predicted molar refractivity (Wildman–Crippen MR) is 135 cm³/mol. The molecule has 0 aromatic heterocycles. The molecule has 0 fully saturated rings. The Morgan fingerprint density at radius 2 is 1.78 bits per heavy atom. The van der Waals surface area contributed by atoms with Crippen molar-refractivity contribution in [2.75, 3.05) is 7.11 Å². The lowest BCUT2D eigenvalue weighted by Crippen LogP contribution is -2.05. The molecule has 0 saturated carbocycles. The van der Waals surface area contributed by atoms with Gasteiger partial charge in [0.1, 0.15) is 6.61 Å². The van der Waals surface area contributed by atoms with Crippen LogP contribution < -0.4 is 14.9 Å². The fourth-order valence-corrected chi connectivity index (χ4v) is 4.08. The maximum atomic E-state index is 6.16. The van der Waals surface area contributed by atoms with Gasteiger partial charge in [-0.25, -0.2) is 0 Å². The summed E-state index contributed by atoms with van der Waals surface area (Å²) in [7, 11) is 1.63. The lowest BCUT2D eigenvalue weighted by atomic mass is 10.1. The second-order valence-electron chi connectivity index (χ2n) is 7.18. The zero-order chi connectivity index (χ0) is 22.3. The van der Waals surface area contributed by atoms with Crippen molar-refractivity contribution in [3.8, 4) is 11.5 Å². The van der Waals surface area contributed by atoms with Crippen LogP contribution in [-0.4, -0.2) is 13.3 Å². The smallest absolute Gasteiger partial charge is 0.175 e. The zero-order valence-corrected chi connectivity index (χ0v) is 19.9. The second kappa shape index (κ2) is 10.5. The Balaban J connectivity index is 1.45. The summed E-state index contributed by atoms with van der Waals surface area (Å²) in [5, 5.41) is 7.40. The Morgan fingerprint density at radius 1 is 1.00 bits per heavy atom. The van der Waals surface area contributed by atoms with Gasteiger partial charge in [0, 0.05) is 5.02 Å². The van der Waals surface area contributed by atoms with Crippen molar-refractivity contribution in [2.45, 2.75) is 13.2 Å². The summed E-state index contributed by atoms with van der Waals surface area (Å²) < 4.78 is 12.5. The highest BCUT2D eigenvalue weighted by Gasteiger charge is 2.12. The fourth-order valence-electron chi connectivity index (χ4n) is 3.38. The van der Waals surface area contributed by atoms with Gasteiger partial charge >= 0.3 is 0 Å². The first-order chi connectivity index (χ1) is 15.6. The quantitative estimate of drug-likeness (QED) is 0.206. The molecule has 0 aliphatic rings. The Morgan fingerprint density at radius 3 is 2.59 bits per heavy atom. The van der Waals surface area contributed by atoms with E-state index >= 15 is 0 Å². The van der Waals surface area contributed by atoms with Gasteiger partial charge in [-0.3, -0.25) is 0 Å². The molecular formula is C26H22BrClN2O2. The van der Waals surface area contributed by atoms with Crippen molar-refractivity contribution in [2.24, 2.45) is 5.10 Å². The lowest BCUT2D eigenvalue weighted by molar-refractivity contribution is 0.283. The number of hydrogen-bond acceptors (Lipinski definition) is 4. The molecule has 0 bridgehead atoms. The van der Waals surface area contributed by atoms with Gasteiger partial charge < -0.3 is 14.9 Å². The number of benzene rings is 4. The first kappa shape index (κ1) is 22.2. The third kappa shape index (κ3) is 5.42. The molecular weight excluding hydrogens is 488 g/mol. The minimum atomic E-state index is 0.437. The summed E-state index contributed by atoms with van der Waals surface area (Å²) in [4.78, 5) is 0. The van der Waals surface area contributed by atoms with Crippen molar-refractivity contribution in [1.82, 2.24) is 5.43 Å². The molecule has 0 aliphatic carbocycles. The number of methoxy groups -OCH3 is 1. The van der Waals surface area contributed by atoms with Crippen LogP contribution in [0.5, 0.6) is 11.5 Å². The number of nitrogens with one attached hydrogen (secondary N) is 1. The van der Waals surface area contributed by atoms with E-state index in [1.54, 1.807) is 13.3 Å². The predicted octanol–water partition coefficient (Wildman–Crippen LogP) is 6.97. The maximum absolute atomic E-state index is 6.16. The third-order valence-electron chi connectivity index (χ3n) is 5.01.